The van der Waals surface area contributed by atoms with E-state index in [4.69, 9.17) is 9.47 Å². The minimum Gasteiger partial charge on any atom is -0.493 e. The highest BCUT2D eigenvalue weighted by Crippen LogP contribution is 2.21. The van der Waals surface area contributed by atoms with E-state index in [1.54, 1.807) is 17.3 Å². The molecular formula is C16H24N2O3. The average molecular weight is 292 g/mol. The first-order chi connectivity index (χ1) is 9.94. The van der Waals surface area contributed by atoms with E-state index in [1.807, 2.05) is 32.9 Å². The molecule has 1 aliphatic rings. The van der Waals surface area contributed by atoms with Crippen molar-refractivity contribution >= 4 is 6.09 Å². The maximum Gasteiger partial charge on any atom is 0.410 e. The van der Waals surface area contributed by atoms with Gasteiger partial charge in [0.1, 0.15) is 11.4 Å². The van der Waals surface area contributed by atoms with E-state index >= 15 is 0 Å². The molecule has 1 aliphatic heterocycles. The molecule has 2 heterocycles. The Morgan fingerprint density at radius 1 is 1.29 bits per heavy atom. The maximum absolute atomic E-state index is 12.0. The number of ether oxygens (including phenoxy) is 2. The van der Waals surface area contributed by atoms with Gasteiger partial charge in [-0.2, -0.15) is 0 Å². The van der Waals surface area contributed by atoms with E-state index in [0.29, 0.717) is 12.5 Å². The standard InChI is InChI=1S/C16H24N2O3/c1-16(2,3)21-15(19)18-10-6-13(7-11-18)12-20-14-4-8-17-9-5-14/h4-5,8-9,13H,6-7,10-12H2,1-3H3. The van der Waals surface area contributed by atoms with Crippen LogP contribution in [0.1, 0.15) is 33.6 Å². The zero-order chi connectivity index (χ0) is 15.3. The van der Waals surface area contributed by atoms with Crippen LogP contribution in [-0.2, 0) is 4.74 Å². The Balaban J connectivity index is 1.72. The number of pyridine rings is 1. The Hall–Kier alpha value is -1.78. The van der Waals surface area contributed by atoms with Crippen molar-refractivity contribution in [1.82, 2.24) is 9.88 Å². The lowest BCUT2D eigenvalue weighted by Crippen LogP contribution is -2.42. The largest absolute Gasteiger partial charge is 0.493 e. The van der Waals surface area contributed by atoms with E-state index in [-0.39, 0.29) is 6.09 Å². The fraction of sp³-hybridized carbons (Fsp3) is 0.625. The molecule has 1 fully saturated rings. The molecule has 5 heteroatoms. The van der Waals surface area contributed by atoms with Crippen molar-refractivity contribution in [1.29, 1.82) is 0 Å². The van der Waals surface area contributed by atoms with Gasteiger partial charge in [0.2, 0.25) is 0 Å². The molecule has 1 amide bonds. The van der Waals surface area contributed by atoms with Crippen LogP contribution in [0.5, 0.6) is 5.75 Å². The van der Waals surface area contributed by atoms with E-state index in [9.17, 15) is 4.79 Å². The van der Waals surface area contributed by atoms with E-state index in [2.05, 4.69) is 4.98 Å². The summed E-state index contributed by atoms with van der Waals surface area (Å²) in [6.07, 6.45) is 5.13. The number of piperidine rings is 1. The molecule has 0 spiro atoms. The van der Waals surface area contributed by atoms with E-state index in [0.717, 1.165) is 31.7 Å². The summed E-state index contributed by atoms with van der Waals surface area (Å²) in [6, 6.07) is 3.71. The minimum absolute atomic E-state index is 0.212. The SMILES string of the molecule is CC(C)(C)OC(=O)N1CCC(COc2ccncc2)CC1. The normalized spacial score (nSPS) is 16.6. The molecule has 2 rings (SSSR count). The lowest BCUT2D eigenvalue weighted by Gasteiger charge is -2.33. The van der Waals surface area contributed by atoms with Crippen molar-refractivity contribution in [3.05, 3.63) is 24.5 Å². The Morgan fingerprint density at radius 2 is 1.90 bits per heavy atom. The molecule has 0 atom stereocenters. The molecule has 1 saturated heterocycles. The van der Waals surface area contributed by atoms with Crippen molar-refractivity contribution in [2.75, 3.05) is 19.7 Å². The molecule has 116 valence electrons. The number of rotatable bonds is 3. The van der Waals surface area contributed by atoms with Crippen LogP contribution in [0.3, 0.4) is 0 Å². The molecular weight excluding hydrogens is 268 g/mol. The molecule has 0 aromatic carbocycles. The van der Waals surface area contributed by atoms with Crippen molar-refractivity contribution in [2.24, 2.45) is 5.92 Å². The van der Waals surface area contributed by atoms with Gasteiger partial charge >= 0.3 is 6.09 Å². The lowest BCUT2D eigenvalue weighted by molar-refractivity contribution is 0.0165. The summed E-state index contributed by atoms with van der Waals surface area (Å²) in [5.41, 5.74) is -0.432. The van der Waals surface area contributed by atoms with Gasteiger partial charge < -0.3 is 14.4 Å². The van der Waals surface area contributed by atoms with Crippen LogP contribution in [0.2, 0.25) is 0 Å². The van der Waals surface area contributed by atoms with Gasteiger partial charge in [0.05, 0.1) is 6.61 Å². The first-order valence-corrected chi connectivity index (χ1v) is 7.45. The predicted molar refractivity (Wildman–Crippen MR) is 80.3 cm³/mol. The monoisotopic (exact) mass is 292 g/mol. The van der Waals surface area contributed by atoms with Crippen LogP contribution in [0.4, 0.5) is 4.79 Å². The van der Waals surface area contributed by atoms with Gasteiger partial charge in [0, 0.05) is 25.5 Å². The highest BCUT2D eigenvalue weighted by Gasteiger charge is 2.27. The molecule has 0 radical (unpaired) electrons. The van der Waals surface area contributed by atoms with E-state index < -0.39 is 5.60 Å². The van der Waals surface area contributed by atoms with Crippen LogP contribution in [0.15, 0.2) is 24.5 Å². The van der Waals surface area contributed by atoms with Gasteiger partial charge in [-0.15, -0.1) is 0 Å². The molecule has 0 bridgehead atoms. The van der Waals surface area contributed by atoms with Gasteiger partial charge in [-0.25, -0.2) is 4.79 Å². The zero-order valence-corrected chi connectivity index (χ0v) is 13.0. The van der Waals surface area contributed by atoms with Crippen molar-refractivity contribution in [2.45, 2.75) is 39.2 Å². The fourth-order valence-electron chi connectivity index (χ4n) is 2.26. The van der Waals surface area contributed by atoms with Gasteiger partial charge in [0.15, 0.2) is 0 Å². The number of carbonyl (C=O) groups is 1. The molecule has 0 unspecified atom stereocenters. The number of amides is 1. The third-order valence-corrected chi connectivity index (χ3v) is 3.40. The van der Waals surface area contributed by atoms with Crippen LogP contribution >= 0.6 is 0 Å². The van der Waals surface area contributed by atoms with Crippen LogP contribution in [0, 0.1) is 5.92 Å². The summed E-state index contributed by atoms with van der Waals surface area (Å²) in [5, 5.41) is 0. The molecule has 21 heavy (non-hydrogen) atoms. The third kappa shape index (κ3) is 5.25. The Kier molecular flexibility index (Phi) is 5.04. The number of nitrogens with zero attached hydrogens (tertiary/aromatic N) is 2. The summed E-state index contributed by atoms with van der Waals surface area (Å²) in [4.78, 5) is 17.7. The summed E-state index contributed by atoms with van der Waals surface area (Å²) in [7, 11) is 0. The summed E-state index contributed by atoms with van der Waals surface area (Å²) in [6.45, 7) is 7.82. The second-order valence-corrected chi connectivity index (χ2v) is 6.40. The molecule has 5 nitrogen and oxygen atoms in total. The first-order valence-electron chi connectivity index (χ1n) is 7.45. The summed E-state index contributed by atoms with van der Waals surface area (Å²) < 4.78 is 11.1. The number of likely N-dealkylation sites (tertiary alicyclic amines) is 1. The van der Waals surface area contributed by atoms with Crippen LogP contribution in [-0.4, -0.2) is 41.3 Å². The fourth-order valence-corrected chi connectivity index (χ4v) is 2.26. The van der Waals surface area contributed by atoms with Crippen LogP contribution < -0.4 is 4.74 Å². The van der Waals surface area contributed by atoms with Crippen molar-refractivity contribution in [3.63, 3.8) is 0 Å². The molecule has 0 aliphatic carbocycles. The smallest absolute Gasteiger partial charge is 0.410 e. The number of hydrogen-bond donors (Lipinski definition) is 0. The lowest BCUT2D eigenvalue weighted by atomic mass is 9.98. The van der Waals surface area contributed by atoms with Crippen molar-refractivity contribution in [3.8, 4) is 5.75 Å². The number of hydrogen-bond acceptors (Lipinski definition) is 4. The Morgan fingerprint density at radius 3 is 2.48 bits per heavy atom. The zero-order valence-electron chi connectivity index (χ0n) is 13.0. The molecule has 1 aromatic heterocycles. The number of aromatic nitrogens is 1. The second kappa shape index (κ2) is 6.78. The highest BCUT2D eigenvalue weighted by atomic mass is 16.6. The number of carbonyl (C=O) groups excluding carboxylic acids is 1. The predicted octanol–water partition coefficient (Wildman–Crippen LogP) is 3.11. The Labute approximate surface area is 126 Å². The maximum atomic E-state index is 12.0. The van der Waals surface area contributed by atoms with E-state index in [1.165, 1.54) is 0 Å². The second-order valence-electron chi connectivity index (χ2n) is 6.40. The quantitative estimate of drug-likeness (QED) is 0.859. The van der Waals surface area contributed by atoms with Gasteiger partial charge in [-0.3, -0.25) is 4.98 Å². The van der Waals surface area contributed by atoms with Crippen LogP contribution in [0.25, 0.3) is 0 Å². The third-order valence-electron chi connectivity index (χ3n) is 3.40. The molecule has 0 N–H and O–H groups in total. The van der Waals surface area contributed by atoms with Crippen molar-refractivity contribution < 1.29 is 14.3 Å². The van der Waals surface area contributed by atoms with Gasteiger partial charge in [0.25, 0.3) is 0 Å². The highest BCUT2D eigenvalue weighted by molar-refractivity contribution is 5.68. The first kappa shape index (κ1) is 15.6. The molecule has 1 aromatic rings. The summed E-state index contributed by atoms with van der Waals surface area (Å²) in [5.74, 6) is 1.33. The summed E-state index contributed by atoms with van der Waals surface area (Å²) >= 11 is 0. The Bertz CT molecular complexity index is 448. The minimum atomic E-state index is -0.432. The topological polar surface area (TPSA) is 51.7 Å². The molecule has 0 saturated carbocycles. The van der Waals surface area contributed by atoms with Gasteiger partial charge in [-0.1, -0.05) is 0 Å². The average Bonchev–Trinajstić information content (AvgIpc) is 2.45. The van der Waals surface area contributed by atoms with Gasteiger partial charge in [-0.05, 0) is 51.7 Å².